The van der Waals surface area contributed by atoms with Crippen molar-refractivity contribution < 1.29 is 17.0 Å². The Balaban J connectivity index is 3.24. The number of halogens is 1. The zero-order valence-electron chi connectivity index (χ0n) is 7.56. The maximum atomic E-state index is 12.7. The maximum absolute atomic E-state index is 12.7. The molecule has 0 saturated heterocycles. The Bertz CT molecular complexity index is 572. The van der Waals surface area contributed by atoms with Crippen molar-refractivity contribution >= 4 is 10.1 Å². The monoisotopic (exact) mass is 238 g/mol. The third-order valence-corrected chi connectivity index (χ3v) is 2.62. The summed E-state index contributed by atoms with van der Waals surface area (Å²) in [5.41, 5.74) is -2.23. The standard InChI is InChI=1S/C6H7FN2O5S/c1-14-15(12,13)3-9-2-4(7)5(10)8-6(9)11/h2H,3H2,1H3,(H,8,10,11). The quantitative estimate of drug-likeness (QED) is 0.654. The Hall–Kier alpha value is -1.48. The average molecular weight is 238 g/mol. The molecule has 9 heteroatoms. The van der Waals surface area contributed by atoms with E-state index in [0.29, 0.717) is 10.8 Å². The minimum Gasteiger partial charge on any atom is -0.280 e. The zero-order valence-corrected chi connectivity index (χ0v) is 8.38. The third kappa shape index (κ3) is 2.73. The van der Waals surface area contributed by atoms with Crippen LogP contribution in [0.4, 0.5) is 4.39 Å². The molecular weight excluding hydrogens is 231 g/mol. The minimum absolute atomic E-state index is 0.482. The van der Waals surface area contributed by atoms with E-state index in [2.05, 4.69) is 4.18 Å². The lowest BCUT2D eigenvalue weighted by atomic mass is 10.6. The molecule has 0 saturated carbocycles. The molecule has 0 aromatic carbocycles. The number of nitrogens with one attached hydrogen (secondary N) is 1. The highest BCUT2D eigenvalue weighted by Crippen LogP contribution is 1.94. The van der Waals surface area contributed by atoms with Crippen molar-refractivity contribution in [3.63, 3.8) is 0 Å². The molecular formula is C6H7FN2O5S. The van der Waals surface area contributed by atoms with Crippen LogP contribution in [-0.4, -0.2) is 25.1 Å². The summed E-state index contributed by atoms with van der Waals surface area (Å²) >= 11 is 0. The summed E-state index contributed by atoms with van der Waals surface area (Å²) in [6.07, 6.45) is 0.498. The van der Waals surface area contributed by atoms with Crippen LogP contribution in [0, 0.1) is 5.82 Å². The fourth-order valence-electron chi connectivity index (χ4n) is 0.802. The van der Waals surface area contributed by atoms with Crippen molar-refractivity contribution in [3.05, 3.63) is 32.9 Å². The molecule has 15 heavy (non-hydrogen) atoms. The second-order valence-electron chi connectivity index (χ2n) is 2.56. The summed E-state index contributed by atoms with van der Waals surface area (Å²) in [6.45, 7) is 0. The van der Waals surface area contributed by atoms with Crippen molar-refractivity contribution in [2.24, 2.45) is 0 Å². The number of rotatable bonds is 3. The zero-order chi connectivity index (χ0) is 11.6. The van der Waals surface area contributed by atoms with Gasteiger partial charge in [0, 0.05) is 0 Å². The molecule has 0 aliphatic rings. The molecule has 1 heterocycles. The Labute approximate surface area is 83.2 Å². The number of H-pyrrole nitrogens is 1. The lowest BCUT2D eigenvalue weighted by molar-refractivity contribution is 0.388. The molecule has 0 radical (unpaired) electrons. The van der Waals surface area contributed by atoms with Gasteiger partial charge in [0.15, 0.2) is 5.88 Å². The van der Waals surface area contributed by atoms with E-state index in [-0.39, 0.29) is 0 Å². The van der Waals surface area contributed by atoms with Gasteiger partial charge in [0.2, 0.25) is 5.82 Å². The molecule has 1 aromatic heterocycles. The smallest absolute Gasteiger partial charge is 0.280 e. The van der Waals surface area contributed by atoms with Crippen LogP contribution in [0.15, 0.2) is 15.8 Å². The Morgan fingerprint density at radius 1 is 1.53 bits per heavy atom. The van der Waals surface area contributed by atoms with E-state index in [0.717, 1.165) is 7.11 Å². The minimum atomic E-state index is -3.95. The van der Waals surface area contributed by atoms with Crippen LogP contribution in [0.2, 0.25) is 0 Å². The van der Waals surface area contributed by atoms with Gasteiger partial charge in [0.25, 0.3) is 15.7 Å². The third-order valence-electron chi connectivity index (χ3n) is 1.52. The second-order valence-corrected chi connectivity index (χ2v) is 4.27. The normalized spacial score (nSPS) is 11.6. The highest BCUT2D eigenvalue weighted by Gasteiger charge is 2.12. The summed E-state index contributed by atoms with van der Waals surface area (Å²) in [4.78, 5) is 23.2. The first kappa shape index (κ1) is 11.6. The van der Waals surface area contributed by atoms with Gasteiger partial charge in [-0.1, -0.05) is 0 Å². The summed E-state index contributed by atoms with van der Waals surface area (Å²) in [6, 6.07) is 0. The summed E-state index contributed by atoms with van der Waals surface area (Å²) in [5.74, 6) is -2.11. The van der Waals surface area contributed by atoms with Crippen LogP contribution < -0.4 is 11.2 Å². The Morgan fingerprint density at radius 3 is 2.67 bits per heavy atom. The van der Waals surface area contributed by atoms with Gasteiger partial charge < -0.3 is 0 Å². The highest BCUT2D eigenvalue weighted by molar-refractivity contribution is 7.85. The van der Waals surface area contributed by atoms with E-state index in [1.165, 1.54) is 0 Å². The lowest BCUT2D eigenvalue weighted by Gasteiger charge is -2.03. The lowest BCUT2D eigenvalue weighted by Crippen LogP contribution is -2.33. The molecule has 0 atom stereocenters. The van der Waals surface area contributed by atoms with Gasteiger partial charge in [-0.2, -0.15) is 12.8 Å². The predicted octanol–water partition coefficient (Wildman–Crippen LogP) is -1.39. The van der Waals surface area contributed by atoms with Gasteiger partial charge in [0.05, 0.1) is 13.3 Å². The summed E-state index contributed by atoms with van der Waals surface area (Å²) in [7, 11) is -3.05. The van der Waals surface area contributed by atoms with E-state index in [4.69, 9.17) is 0 Å². The predicted molar refractivity (Wildman–Crippen MR) is 47.2 cm³/mol. The molecule has 0 bridgehead atoms. The van der Waals surface area contributed by atoms with Gasteiger partial charge in [-0.3, -0.25) is 18.5 Å². The van der Waals surface area contributed by atoms with Gasteiger partial charge in [-0.15, -0.1) is 0 Å². The van der Waals surface area contributed by atoms with Crippen LogP contribution in [0.1, 0.15) is 0 Å². The number of aromatic amines is 1. The maximum Gasteiger partial charge on any atom is 0.329 e. The van der Waals surface area contributed by atoms with Gasteiger partial charge >= 0.3 is 5.69 Å². The van der Waals surface area contributed by atoms with Crippen LogP contribution in [-0.2, 0) is 20.2 Å². The molecule has 0 amide bonds. The van der Waals surface area contributed by atoms with E-state index in [9.17, 15) is 22.4 Å². The fraction of sp³-hybridized carbons (Fsp3) is 0.333. The number of hydrogen-bond donors (Lipinski definition) is 1. The van der Waals surface area contributed by atoms with Crippen LogP contribution in [0.5, 0.6) is 0 Å². The van der Waals surface area contributed by atoms with Crippen molar-refractivity contribution in [2.45, 2.75) is 5.88 Å². The molecule has 7 nitrogen and oxygen atoms in total. The van der Waals surface area contributed by atoms with Gasteiger partial charge in [-0.05, 0) is 0 Å². The van der Waals surface area contributed by atoms with Crippen LogP contribution in [0.25, 0.3) is 0 Å². The molecule has 0 fully saturated rings. The highest BCUT2D eigenvalue weighted by atomic mass is 32.2. The Morgan fingerprint density at radius 2 is 2.13 bits per heavy atom. The largest absolute Gasteiger partial charge is 0.329 e. The molecule has 1 rings (SSSR count). The van der Waals surface area contributed by atoms with Crippen LogP contribution >= 0.6 is 0 Å². The number of aromatic nitrogens is 2. The summed E-state index contributed by atoms with van der Waals surface area (Å²) < 4.78 is 39.1. The number of nitrogens with zero attached hydrogens (tertiary/aromatic N) is 1. The van der Waals surface area contributed by atoms with E-state index < -0.39 is 33.1 Å². The Kier molecular flexibility index (Phi) is 3.05. The van der Waals surface area contributed by atoms with Crippen molar-refractivity contribution in [3.8, 4) is 0 Å². The van der Waals surface area contributed by atoms with Crippen molar-refractivity contribution in [2.75, 3.05) is 7.11 Å². The fourth-order valence-corrected chi connectivity index (χ4v) is 1.44. The van der Waals surface area contributed by atoms with Crippen molar-refractivity contribution in [1.29, 1.82) is 0 Å². The van der Waals surface area contributed by atoms with E-state index in [1.807, 2.05) is 0 Å². The second kappa shape index (κ2) is 3.95. The molecule has 0 aliphatic heterocycles. The average Bonchev–Trinajstić information content (AvgIpc) is 2.14. The topological polar surface area (TPSA) is 98.2 Å². The molecule has 0 aliphatic carbocycles. The van der Waals surface area contributed by atoms with E-state index in [1.54, 1.807) is 4.98 Å². The summed E-state index contributed by atoms with van der Waals surface area (Å²) in [5, 5.41) is 0. The molecule has 0 unspecified atom stereocenters. The van der Waals surface area contributed by atoms with E-state index >= 15 is 0 Å². The van der Waals surface area contributed by atoms with Gasteiger partial charge in [0.1, 0.15) is 0 Å². The van der Waals surface area contributed by atoms with Crippen LogP contribution in [0.3, 0.4) is 0 Å². The first-order chi connectivity index (χ1) is 6.85. The molecule has 1 N–H and O–H groups in total. The molecule has 1 aromatic rings. The van der Waals surface area contributed by atoms with Gasteiger partial charge in [-0.25, -0.2) is 4.79 Å². The first-order valence-corrected chi connectivity index (χ1v) is 5.21. The SMILES string of the molecule is COS(=O)(=O)Cn1cc(F)c(=O)[nH]c1=O. The van der Waals surface area contributed by atoms with Crippen molar-refractivity contribution in [1.82, 2.24) is 9.55 Å². The number of hydrogen-bond acceptors (Lipinski definition) is 5. The molecule has 84 valence electrons. The first-order valence-electron chi connectivity index (χ1n) is 3.63. The molecule has 0 spiro atoms.